The van der Waals surface area contributed by atoms with Crippen LogP contribution < -0.4 is 5.32 Å². The van der Waals surface area contributed by atoms with Crippen LogP contribution in [-0.2, 0) is 19.1 Å². The zero-order valence-corrected chi connectivity index (χ0v) is 11.5. The molecule has 0 aliphatic rings. The minimum absolute atomic E-state index is 0.0484. The summed E-state index contributed by atoms with van der Waals surface area (Å²) in [5.41, 5.74) is 0. The third kappa shape index (κ3) is 10.6. The first kappa shape index (κ1) is 18.7. The molecule has 0 aromatic heterocycles. The molecule has 1 N–H and O–H groups in total. The van der Waals surface area contributed by atoms with Crippen molar-refractivity contribution in [1.29, 1.82) is 0 Å². The van der Waals surface area contributed by atoms with E-state index in [0.717, 1.165) is 0 Å². The maximum Gasteiger partial charge on any atom is 0.405 e. The molecule has 1 amide bonds. The van der Waals surface area contributed by atoms with E-state index in [1.807, 2.05) is 0 Å². The van der Waals surface area contributed by atoms with Crippen molar-refractivity contribution in [2.75, 3.05) is 47.0 Å². The molecule has 9 heteroatoms. The third-order valence-electron chi connectivity index (χ3n) is 2.32. The molecular weight excluding hydrogens is 281 g/mol. The Kier molecular flexibility index (Phi) is 8.89. The van der Waals surface area contributed by atoms with Gasteiger partial charge in [-0.1, -0.05) is 0 Å². The monoisotopic (exact) mass is 300 g/mol. The number of carbonyl (C=O) groups excluding carboxylic acids is 2. The first-order chi connectivity index (χ1) is 9.28. The fourth-order valence-electron chi connectivity index (χ4n) is 1.30. The molecule has 0 aliphatic heterocycles. The van der Waals surface area contributed by atoms with Gasteiger partial charge in [0.15, 0.2) is 0 Å². The zero-order valence-electron chi connectivity index (χ0n) is 11.5. The first-order valence-electron chi connectivity index (χ1n) is 5.90. The summed E-state index contributed by atoms with van der Waals surface area (Å²) < 4.78 is 45.1. The largest absolute Gasteiger partial charge is 0.469 e. The van der Waals surface area contributed by atoms with Crippen LogP contribution in [0.5, 0.6) is 0 Å². The van der Waals surface area contributed by atoms with E-state index in [0.29, 0.717) is 13.2 Å². The minimum atomic E-state index is -4.45. The molecule has 0 heterocycles. The molecule has 0 atom stereocenters. The number of rotatable bonds is 9. The van der Waals surface area contributed by atoms with Gasteiger partial charge >= 0.3 is 12.1 Å². The van der Waals surface area contributed by atoms with Crippen molar-refractivity contribution in [3.63, 3.8) is 0 Å². The summed E-state index contributed by atoms with van der Waals surface area (Å²) in [6.45, 7) is -0.784. The average molecular weight is 300 g/mol. The summed E-state index contributed by atoms with van der Waals surface area (Å²) >= 11 is 0. The van der Waals surface area contributed by atoms with Crippen LogP contribution in [0.3, 0.4) is 0 Å². The smallest absolute Gasteiger partial charge is 0.405 e. The molecule has 118 valence electrons. The van der Waals surface area contributed by atoms with Crippen LogP contribution >= 0.6 is 0 Å². The molecule has 0 rings (SSSR count). The predicted molar refractivity (Wildman–Crippen MR) is 64.0 cm³/mol. The number of halogens is 3. The highest BCUT2D eigenvalue weighted by atomic mass is 19.4. The molecule has 0 unspecified atom stereocenters. The van der Waals surface area contributed by atoms with Crippen LogP contribution in [0.2, 0.25) is 0 Å². The Labute approximate surface area is 115 Å². The summed E-state index contributed by atoms with van der Waals surface area (Å²) in [7, 11) is 2.69. The lowest BCUT2D eigenvalue weighted by Crippen LogP contribution is -2.42. The fraction of sp³-hybridized carbons (Fsp3) is 0.818. The van der Waals surface area contributed by atoms with Gasteiger partial charge in [-0.25, -0.2) is 0 Å². The fourth-order valence-corrected chi connectivity index (χ4v) is 1.30. The molecule has 0 aliphatic carbocycles. The first-order valence-corrected chi connectivity index (χ1v) is 5.90. The van der Waals surface area contributed by atoms with Gasteiger partial charge in [0.05, 0.1) is 26.7 Å². The third-order valence-corrected chi connectivity index (χ3v) is 2.32. The number of methoxy groups -OCH3 is 2. The highest BCUT2D eigenvalue weighted by molar-refractivity contribution is 5.78. The minimum Gasteiger partial charge on any atom is -0.469 e. The van der Waals surface area contributed by atoms with Gasteiger partial charge in [-0.2, -0.15) is 13.2 Å². The number of nitrogens with one attached hydrogen (secondary N) is 1. The van der Waals surface area contributed by atoms with E-state index in [1.165, 1.54) is 19.1 Å². The number of hydrogen-bond donors (Lipinski definition) is 1. The summed E-state index contributed by atoms with van der Waals surface area (Å²) in [6, 6.07) is 0. The zero-order chi connectivity index (χ0) is 15.6. The van der Waals surface area contributed by atoms with E-state index in [4.69, 9.17) is 4.74 Å². The molecule has 0 bridgehead atoms. The quantitative estimate of drug-likeness (QED) is 0.615. The van der Waals surface area contributed by atoms with Crippen molar-refractivity contribution in [3.8, 4) is 0 Å². The van der Waals surface area contributed by atoms with Crippen molar-refractivity contribution >= 4 is 11.9 Å². The maximum absolute atomic E-state index is 11.9. The normalized spacial score (nSPS) is 11.5. The van der Waals surface area contributed by atoms with Crippen molar-refractivity contribution < 1.29 is 32.2 Å². The second-order valence-electron chi connectivity index (χ2n) is 3.99. The maximum atomic E-state index is 11.9. The standard InChI is InChI=1S/C11H19F3N2O4/c1-19-6-5-16(4-3-10(18)20-2)7-9(17)15-8-11(12,13)14/h3-8H2,1-2H3,(H,15,17). The van der Waals surface area contributed by atoms with Crippen molar-refractivity contribution in [2.45, 2.75) is 12.6 Å². The van der Waals surface area contributed by atoms with Gasteiger partial charge in [0.2, 0.25) is 5.91 Å². The SMILES string of the molecule is COCCN(CCC(=O)OC)CC(=O)NCC(F)(F)F. The topological polar surface area (TPSA) is 67.9 Å². The average Bonchev–Trinajstić information content (AvgIpc) is 2.38. The van der Waals surface area contributed by atoms with Gasteiger partial charge in [-0.15, -0.1) is 0 Å². The van der Waals surface area contributed by atoms with E-state index in [1.54, 1.807) is 5.32 Å². The number of nitrogens with zero attached hydrogens (tertiary/aromatic N) is 1. The van der Waals surface area contributed by atoms with Crippen molar-refractivity contribution in [2.24, 2.45) is 0 Å². The van der Waals surface area contributed by atoms with Gasteiger partial charge in [0.1, 0.15) is 6.54 Å². The Morgan fingerprint density at radius 1 is 1.20 bits per heavy atom. The molecule has 0 fully saturated rings. The Bertz CT molecular complexity index is 311. The van der Waals surface area contributed by atoms with Crippen LogP contribution in [0.4, 0.5) is 13.2 Å². The highest BCUT2D eigenvalue weighted by Gasteiger charge is 2.27. The lowest BCUT2D eigenvalue weighted by atomic mass is 10.3. The molecule has 0 aromatic rings. The molecule has 0 spiro atoms. The number of amides is 1. The molecule has 0 saturated heterocycles. The Morgan fingerprint density at radius 2 is 1.85 bits per heavy atom. The number of esters is 1. The van der Waals surface area contributed by atoms with Crippen molar-refractivity contribution in [3.05, 3.63) is 0 Å². The van der Waals surface area contributed by atoms with E-state index < -0.39 is 24.6 Å². The van der Waals surface area contributed by atoms with Gasteiger partial charge in [-0.3, -0.25) is 14.5 Å². The second kappa shape index (κ2) is 9.54. The predicted octanol–water partition coefficient (Wildman–Crippen LogP) is 0.176. The van der Waals surface area contributed by atoms with E-state index in [-0.39, 0.29) is 19.5 Å². The Hall–Kier alpha value is -1.35. The van der Waals surface area contributed by atoms with E-state index in [2.05, 4.69) is 4.74 Å². The molecule has 20 heavy (non-hydrogen) atoms. The Balaban J connectivity index is 4.19. The lowest BCUT2D eigenvalue weighted by Gasteiger charge is -2.21. The van der Waals surface area contributed by atoms with Crippen LogP contribution in [0, 0.1) is 0 Å². The van der Waals surface area contributed by atoms with Crippen LogP contribution in [-0.4, -0.2) is 70.0 Å². The summed E-state index contributed by atoms with van der Waals surface area (Å²) in [5, 5.41) is 1.77. The molecule has 6 nitrogen and oxygen atoms in total. The Morgan fingerprint density at radius 3 is 2.35 bits per heavy atom. The van der Waals surface area contributed by atoms with Gasteiger partial charge in [-0.05, 0) is 0 Å². The van der Waals surface area contributed by atoms with E-state index in [9.17, 15) is 22.8 Å². The van der Waals surface area contributed by atoms with Gasteiger partial charge < -0.3 is 14.8 Å². The molecule has 0 saturated carbocycles. The molecule has 0 aromatic carbocycles. The summed E-state index contributed by atoms with van der Waals surface area (Å²) in [6.07, 6.45) is -4.40. The van der Waals surface area contributed by atoms with Gasteiger partial charge in [0, 0.05) is 20.2 Å². The number of alkyl halides is 3. The van der Waals surface area contributed by atoms with Crippen LogP contribution in [0.25, 0.3) is 0 Å². The molecule has 0 radical (unpaired) electrons. The highest BCUT2D eigenvalue weighted by Crippen LogP contribution is 2.12. The van der Waals surface area contributed by atoms with Gasteiger partial charge in [0.25, 0.3) is 0 Å². The number of carbonyl (C=O) groups is 2. The second-order valence-corrected chi connectivity index (χ2v) is 3.99. The molecular formula is C11H19F3N2O4. The van der Waals surface area contributed by atoms with Crippen LogP contribution in [0.15, 0.2) is 0 Å². The lowest BCUT2D eigenvalue weighted by molar-refractivity contribution is -0.142. The summed E-state index contributed by atoms with van der Waals surface area (Å²) in [5.74, 6) is -1.22. The number of ether oxygens (including phenoxy) is 2. The summed E-state index contributed by atoms with van der Waals surface area (Å²) in [4.78, 5) is 23.9. The van der Waals surface area contributed by atoms with Crippen LogP contribution in [0.1, 0.15) is 6.42 Å². The van der Waals surface area contributed by atoms with Crippen molar-refractivity contribution in [1.82, 2.24) is 10.2 Å². The number of hydrogen-bond acceptors (Lipinski definition) is 5. The van der Waals surface area contributed by atoms with E-state index >= 15 is 0 Å².